The smallest absolute Gasteiger partial charge is 0.352 e. The molecule has 0 bridgehead atoms. The Kier molecular flexibility index (Phi) is 6.08. The Morgan fingerprint density at radius 1 is 1.45 bits per heavy atom. The van der Waals surface area contributed by atoms with E-state index in [0.717, 1.165) is 16.4 Å². The van der Waals surface area contributed by atoms with Gasteiger partial charge in [0.15, 0.2) is 9.47 Å². The van der Waals surface area contributed by atoms with Gasteiger partial charge in [0.05, 0.1) is 0 Å². The van der Waals surface area contributed by atoms with Crippen LogP contribution in [0, 0.1) is 0 Å². The largest absolute Gasteiger partial charge is 0.477 e. The molecule has 31 heavy (non-hydrogen) atoms. The van der Waals surface area contributed by atoms with Gasteiger partial charge in [0.25, 0.3) is 11.8 Å². The van der Waals surface area contributed by atoms with Gasteiger partial charge in [0.2, 0.25) is 11.5 Å². The predicted octanol–water partition coefficient (Wildman–Crippen LogP) is -0.319. The lowest BCUT2D eigenvalue weighted by molar-refractivity contribution is -0.150. The molecule has 2 aromatic heterocycles. The van der Waals surface area contributed by atoms with Crippen molar-refractivity contribution in [2.45, 2.75) is 15.8 Å². The van der Waals surface area contributed by atoms with Crippen molar-refractivity contribution >= 4 is 75.0 Å². The van der Waals surface area contributed by atoms with Crippen LogP contribution in [0.4, 0.5) is 5.13 Å². The Labute approximate surface area is 190 Å². The molecule has 0 aliphatic carbocycles. The molecule has 1 unspecified atom stereocenters. The SMILES string of the molecule is Nc1nc(C(=NO)C(=O)NC2C(=O)N3C(C(=O)O)=C(CSc4nncs4)CS[C@H]23)ns1. The summed E-state index contributed by atoms with van der Waals surface area (Å²) in [6.45, 7) is 0. The molecule has 17 heteroatoms. The van der Waals surface area contributed by atoms with Crippen molar-refractivity contribution in [2.75, 3.05) is 17.2 Å². The van der Waals surface area contributed by atoms with Gasteiger partial charge in [-0.05, 0) is 5.57 Å². The minimum Gasteiger partial charge on any atom is -0.477 e. The molecule has 13 nitrogen and oxygen atoms in total. The molecule has 1 fully saturated rings. The zero-order valence-electron chi connectivity index (χ0n) is 15.2. The number of nitrogens with zero attached hydrogens (tertiary/aromatic N) is 6. The van der Waals surface area contributed by atoms with Crippen molar-refractivity contribution in [3.63, 3.8) is 0 Å². The van der Waals surface area contributed by atoms with Crippen LogP contribution >= 0.6 is 46.4 Å². The van der Waals surface area contributed by atoms with Crippen molar-refractivity contribution in [3.8, 4) is 0 Å². The fraction of sp³-hybridized carbons (Fsp3) is 0.286. The molecular weight excluding hydrogens is 488 g/mol. The Morgan fingerprint density at radius 3 is 2.87 bits per heavy atom. The summed E-state index contributed by atoms with van der Waals surface area (Å²) in [5.74, 6) is -2.16. The molecule has 1 saturated heterocycles. The Hall–Kier alpha value is -2.76. The highest BCUT2D eigenvalue weighted by Crippen LogP contribution is 2.41. The second-order valence-electron chi connectivity index (χ2n) is 6.02. The van der Waals surface area contributed by atoms with Gasteiger partial charge in [-0.15, -0.1) is 22.0 Å². The fourth-order valence-corrected chi connectivity index (χ4v) is 6.31. The first kappa shape index (κ1) is 21.5. The van der Waals surface area contributed by atoms with Crippen LogP contribution < -0.4 is 11.1 Å². The predicted molar refractivity (Wildman–Crippen MR) is 113 cm³/mol. The number of hydrogen-bond donors (Lipinski definition) is 4. The number of nitrogens with one attached hydrogen (secondary N) is 1. The van der Waals surface area contributed by atoms with E-state index < -0.39 is 34.9 Å². The summed E-state index contributed by atoms with van der Waals surface area (Å²) in [6.07, 6.45) is 0. The van der Waals surface area contributed by atoms with Crippen LogP contribution in [-0.4, -0.2) is 81.2 Å². The number of carboxylic acids is 1. The summed E-state index contributed by atoms with van der Waals surface area (Å²) < 4.78 is 4.49. The van der Waals surface area contributed by atoms with Crippen LogP contribution in [-0.2, 0) is 14.4 Å². The maximum absolute atomic E-state index is 12.7. The Morgan fingerprint density at radius 2 is 2.26 bits per heavy atom. The van der Waals surface area contributed by atoms with Crippen LogP contribution in [0.3, 0.4) is 0 Å². The summed E-state index contributed by atoms with van der Waals surface area (Å²) >= 11 is 4.81. The summed E-state index contributed by atoms with van der Waals surface area (Å²) in [5.41, 5.74) is 7.03. The third-order valence-electron chi connectivity index (χ3n) is 4.21. The highest BCUT2D eigenvalue weighted by atomic mass is 32.2. The monoisotopic (exact) mass is 500 g/mol. The van der Waals surface area contributed by atoms with E-state index in [2.05, 4.69) is 30.0 Å². The Bertz CT molecular complexity index is 1100. The first-order valence-electron chi connectivity index (χ1n) is 8.32. The van der Waals surface area contributed by atoms with E-state index in [1.807, 2.05) is 0 Å². The van der Waals surface area contributed by atoms with E-state index in [9.17, 15) is 19.5 Å². The molecule has 4 rings (SSSR count). The van der Waals surface area contributed by atoms with Crippen LogP contribution in [0.5, 0.6) is 0 Å². The van der Waals surface area contributed by atoms with Crippen LogP contribution in [0.15, 0.2) is 26.3 Å². The Balaban J connectivity index is 1.48. The number of nitrogen functional groups attached to an aromatic ring is 1. The van der Waals surface area contributed by atoms with E-state index in [1.165, 1.54) is 34.9 Å². The molecule has 0 spiro atoms. The minimum absolute atomic E-state index is 0.0767. The number of oxime groups is 1. The number of nitrogens with two attached hydrogens (primary N) is 1. The molecular formula is C14H12N8O5S4. The van der Waals surface area contributed by atoms with Gasteiger partial charge >= 0.3 is 5.97 Å². The van der Waals surface area contributed by atoms with Gasteiger partial charge in [-0.1, -0.05) is 28.3 Å². The molecule has 0 aromatic carbocycles. The molecule has 0 radical (unpaired) electrons. The number of amides is 2. The number of aromatic nitrogens is 4. The molecule has 2 aliphatic rings. The number of anilines is 1. The van der Waals surface area contributed by atoms with E-state index in [4.69, 9.17) is 10.9 Å². The van der Waals surface area contributed by atoms with Gasteiger partial charge in [0, 0.05) is 23.0 Å². The summed E-state index contributed by atoms with van der Waals surface area (Å²) in [7, 11) is 0. The highest BCUT2D eigenvalue weighted by Gasteiger charge is 2.54. The second-order valence-corrected chi connectivity index (χ2v) is 9.96. The maximum atomic E-state index is 12.7. The maximum Gasteiger partial charge on any atom is 0.352 e. The number of hydrogen-bond acceptors (Lipinski definition) is 14. The molecule has 2 aromatic rings. The third kappa shape index (κ3) is 4.08. The lowest BCUT2D eigenvalue weighted by atomic mass is 10.0. The number of carbonyl (C=O) groups is 3. The van der Waals surface area contributed by atoms with Crippen molar-refractivity contribution in [1.82, 2.24) is 29.8 Å². The van der Waals surface area contributed by atoms with Crippen LogP contribution in [0.25, 0.3) is 0 Å². The van der Waals surface area contributed by atoms with Gasteiger partial charge in [-0.2, -0.15) is 9.36 Å². The van der Waals surface area contributed by atoms with Gasteiger partial charge in [-0.25, -0.2) is 4.79 Å². The standard InChI is InChI=1S/C14H12N8O5S4/c15-13-18-8(21-31-13)5(20-27)9(23)17-6-10(24)22-7(12(25)26)4(1-28-11(6)22)2-29-14-19-16-3-30-14/h3,6,11,27H,1-2H2,(H,17,23)(H,25,26)(H2,15,18,21)/t6?,11-/m1/s1. The summed E-state index contributed by atoms with van der Waals surface area (Å²) in [5, 5.41) is 31.3. The second kappa shape index (κ2) is 8.77. The number of fused-ring (bicyclic) bond motifs is 1. The van der Waals surface area contributed by atoms with Gasteiger partial charge in [0.1, 0.15) is 22.6 Å². The zero-order chi connectivity index (χ0) is 22.1. The lowest BCUT2D eigenvalue weighted by Crippen LogP contribution is -2.71. The molecule has 162 valence electrons. The number of rotatable bonds is 7. The van der Waals surface area contributed by atoms with E-state index >= 15 is 0 Å². The fourth-order valence-electron chi connectivity index (χ4n) is 2.90. The number of thioether (sulfide) groups is 2. The molecule has 4 heterocycles. The number of carbonyl (C=O) groups excluding carboxylic acids is 2. The quantitative estimate of drug-likeness (QED) is 0.127. The van der Waals surface area contributed by atoms with Crippen LogP contribution in [0.2, 0.25) is 0 Å². The average Bonchev–Trinajstić information content (AvgIpc) is 3.42. The molecule has 2 aliphatic heterocycles. The van der Waals surface area contributed by atoms with Crippen molar-refractivity contribution < 1.29 is 24.7 Å². The summed E-state index contributed by atoms with van der Waals surface area (Å²) in [6, 6.07) is -0.989. The normalized spacial score (nSPS) is 21.0. The van der Waals surface area contributed by atoms with Crippen molar-refractivity contribution in [2.24, 2.45) is 5.16 Å². The summed E-state index contributed by atoms with van der Waals surface area (Å²) in [4.78, 5) is 42.0. The van der Waals surface area contributed by atoms with Gasteiger partial charge < -0.3 is 21.4 Å². The first-order valence-corrected chi connectivity index (χ1v) is 12.0. The van der Waals surface area contributed by atoms with E-state index in [1.54, 1.807) is 5.51 Å². The third-order valence-corrected chi connectivity index (χ3v) is 8.04. The molecule has 5 N–H and O–H groups in total. The number of carboxylic acid groups (broad SMARTS) is 1. The van der Waals surface area contributed by atoms with E-state index in [-0.39, 0.29) is 16.7 Å². The topological polar surface area (TPSA) is 197 Å². The lowest BCUT2D eigenvalue weighted by Gasteiger charge is -2.49. The number of aliphatic carboxylic acids is 1. The highest BCUT2D eigenvalue weighted by molar-refractivity contribution is 8.01. The van der Waals surface area contributed by atoms with Gasteiger partial charge in [-0.3, -0.25) is 14.5 Å². The molecule has 2 atom stereocenters. The van der Waals surface area contributed by atoms with E-state index in [0.29, 0.717) is 21.4 Å². The first-order chi connectivity index (χ1) is 14.9. The minimum atomic E-state index is -1.23. The van der Waals surface area contributed by atoms with Crippen molar-refractivity contribution in [3.05, 3.63) is 22.6 Å². The molecule has 0 saturated carbocycles. The van der Waals surface area contributed by atoms with Crippen molar-refractivity contribution in [1.29, 1.82) is 0 Å². The average molecular weight is 501 g/mol. The zero-order valence-corrected chi connectivity index (χ0v) is 18.4. The number of β-lactam (4-membered cyclic amide) rings is 1. The van der Waals surface area contributed by atoms with Crippen LogP contribution in [0.1, 0.15) is 5.82 Å². The molecule has 2 amide bonds.